The van der Waals surface area contributed by atoms with Crippen LogP contribution in [0.4, 0.5) is 0 Å². The smallest absolute Gasteiger partial charge is 0.325 e. The summed E-state index contributed by atoms with van der Waals surface area (Å²) in [7, 11) is -3.95. The fourth-order valence-electron chi connectivity index (χ4n) is 0.916. The van der Waals surface area contributed by atoms with Crippen LogP contribution in [0.25, 0.3) is 0 Å². The van der Waals surface area contributed by atoms with E-state index in [2.05, 4.69) is 9.71 Å². The summed E-state index contributed by atoms with van der Waals surface area (Å²) in [5.74, 6) is 0. The van der Waals surface area contributed by atoms with E-state index >= 15 is 0 Å². The molecular weight excluding hydrogens is 236 g/mol. The summed E-state index contributed by atoms with van der Waals surface area (Å²) in [6.07, 6.45) is 0.838. The van der Waals surface area contributed by atoms with E-state index < -0.39 is 26.2 Å². The fraction of sp³-hybridized carbons (Fsp3) is 0.429. The molecule has 0 aliphatic rings. The highest BCUT2D eigenvalue weighted by atomic mass is 32.2. The van der Waals surface area contributed by atoms with Gasteiger partial charge in [-0.15, -0.1) is 0 Å². The molecule has 8 nitrogen and oxygen atoms in total. The van der Waals surface area contributed by atoms with Crippen LogP contribution in [0.5, 0.6) is 0 Å². The average Bonchev–Trinajstić information content (AvgIpc) is 2.14. The second-order valence-electron chi connectivity index (χ2n) is 3.27. The van der Waals surface area contributed by atoms with E-state index in [0.29, 0.717) is 0 Å². The summed E-state index contributed by atoms with van der Waals surface area (Å²) in [4.78, 5) is 25.2. The molecule has 0 aromatic carbocycles. The molecule has 0 saturated carbocycles. The number of H-pyrrole nitrogens is 2. The molecule has 0 amide bonds. The molecule has 0 aliphatic carbocycles. The lowest BCUT2D eigenvalue weighted by atomic mass is 10.4. The van der Waals surface area contributed by atoms with Crippen LogP contribution in [-0.4, -0.2) is 31.0 Å². The van der Waals surface area contributed by atoms with Crippen LogP contribution in [0.2, 0.25) is 0 Å². The van der Waals surface area contributed by atoms with Gasteiger partial charge in [0.05, 0.1) is 0 Å². The van der Waals surface area contributed by atoms with Crippen molar-refractivity contribution in [2.45, 2.75) is 17.9 Å². The Labute approximate surface area is 90.9 Å². The lowest BCUT2D eigenvalue weighted by Gasteiger charge is -2.07. The van der Waals surface area contributed by atoms with Crippen LogP contribution in [0.3, 0.4) is 0 Å². The Morgan fingerprint density at radius 3 is 2.62 bits per heavy atom. The molecule has 1 heterocycles. The van der Waals surface area contributed by atoms with Crippen molar-refractivity contribution in [1.29, 1.82) is 0 Å². The highest BCUT2D eigenvalue weighted by Crippen LogP contribution is 1.97. The maximum Gasteiger partial charge on any atom is 0.325 e. The zero-order chi connectivity index (χ0) is 12.3. The van der Waals surface area contributed by atoms with Crippen molar-refractivity contribution in [2.75, 3.05) is 6.54 Å². The first-order chi connectivity index (χ1) is 7.33. The number of rotatable bonds is 4. The summed E-state index contributed by atoms with van der Waals surface area (Å²) in [5.41, 5.74) is 3.63. The predicted molar refractivity (Wildman–Crippen MR) is 56.5 cm³/mol. The summed E-state index contributed by atoms with van der Waals surface area (Å²) in [5, 5.41) is 0. The van der Waals surface area contributed by atoms with Gasteiger partial charge in [0.1, 0.15) is 0 Å². The molecule has 0 bridgehead atoms. The second kappa shape index (κ2) is 4.60. The van der Waals surface area contributed by atoms with Gasteiger partial charge in [-0.05, 0) is 6.92 Å². The van der Waals surface area contributed by atoms with Crippen LogP contribution in [0.15, 0.2) is 20.7 Å². The molecule has 1 rings (SSSR count). The predicted octanol–water partition coefficient (Wildman–Crippen LogP) is -2.31. The van der Waals surface area contributed by atoms with E-state index in [1.165, 1.54) is 0 Å². The molecule has 1 atom stereocenters. The number of aromatic nitrogens is 2. The molecule has 5 N–H and O–H groups in total. The fourth-order valence-corrected chi connectivity index (χ4v) is 2.06. The van der Waals surface area contributed by atoms with Crippen molar-refractivity contribution in [2.24, 2.45) is 5.73 Å². The van der Waals surface area contributed by atoms with E-state index in [1.54, 1.807) is 6.92 Å². The molecule has 0 fully saturated rings. The van der Waals surface area contributed by atoms with Crippen LogP contribution in [0.1, 0.15) is 6.92 Å². The van der Waals surface area contributed by atoms with Gasteiger partial charge in [0, 0.05) is 18.8 Å². The Balaban J connectivity index is 3.08. The van der Waals surface area contributed by atoms with Gasteiger partial charge in [-0.1, -0.05) is 0 Å². The summed E-state index contributed by atoms with van der Waals surface area (Å²) in [6.45, 7) is 1.61. The van der Waals surface area contributed by atoms with Gasteiger partial charge < -0.3 is 10.7 Å². The van der Waals surface area contributed by atoms with Crippen LogP contribution in [-0.2, 0) is 10.0 Å². The maximum atomic E-state index is 11.6. The number of sulfonamides is 1. The van der Waals surface area contributed by atoms with Crippen molar-refractivity contribution in [1.82, 2.24) is 14.7 Å². The molecule has 1 aromatic rings. The first-order valence-electron chi connectivity index (χ1n) is 4.40. The van der Waals surface area contributed by atoms with E-state index in [0.717, 1.165) is 6.20 Å². The summed E-state index contributed by atoms with van der Waals surface area (Å²) >= 11 is 0. The van der Waals surface area contributed by atoms with Crippen molar-refractivity contribution < 1.29 is 8.42 Å². The minimum Gasteiger partial charge on any atom is -0.327 e. The van der Waals surface area contributed by atoms with Gasteiger partial charge in [0.2, 0.25) is 10.0 Å². The standard InChI is InChI=1S/C7H12N4O4S/c1-4(8)2-10-16(14,15)5-3-9-7(13)11-6(5)12/h3-4,10H,2,8H2,1H3,(H2,9,11,12,13). The molecule has 16 heavy (non-hydrogen) atoms. The third-order valence-corrected chi connectivity index (χ3v) is 3.10. The molecule has 0 saturated heterocycles. The lowest BCUT2D eigenvalue weighted by Crippen LogP contribution is -2.38. The topological polar surface area (TPSA) is 138 Å². The van der Waals surface area contributed by atoms with Crippen LogP contribution >= 0.6 is 0 Å². The maximum absolute atomic E-state index is 11.6. The minimum atomic E-state index is -3.95. The van der Waals surface area contributed by atoms with Crippen molar-refractivity contribution in [3.8, 4) is 0 Å². The van der Waals surface area contributed by atoms with Crippen molar-refractivity contribution in [3.63, 3.8) is 0 Å². The molecule has 0 spiro atoms. The third-order valence-electron chi connectivity index (χ3n) is 1.67. The summed E-state index contributed by atoms with van der Waals surface area (Å²) in [6, 6.07) is -0.378. The van der Waals surface area contributed by atoms with Crippen LogP contribution < -0.4 is 21.7 Å². The Morgan fingerprint density at radius 1 is 1.50 bits per heavy atom. The number of hydrogen-bond acceptors (Lipinski definition) is 5. The van der Waals surface area contributed by atoms with E-state index in [1.807, 2.05) is 4.98 Å². The number of hydrogen-bond donors (Lipinski definition) is 4. The number of aromatic amines is 2. The largest absolute Gasteiger partial charge is 0.327 e. The molecular formula is C7H12N4O4S. The summed E-state index contributed by atoms with van der Waals surface area (Å²) < 4.78 is 25.3. The lowest BCUT2D eigenvalue weighted by molar-refractivity contribution is 0.571. The number of nitrogens with one attached hydrogen (secondary N) is 3. The molecule has 9 heteroatoms. The van der Waals surface area contributed by atoms with Crippen molar-refractivity contribution >= 4 is 10.0 Å². The Morgan fingerprint density at radius 2 is 2.12 bits per heavy atom. The van der Waals surface area contributed by atoms with Crippen molar-refractivity contribution in [3.05, 3.63) is 27.0 Å². The zero-order valence-electron chi connectivity index (χ0n) is 8.48. The van der Waals surface area contributed by atoms with Gasteiger partial charge in [0.15, 0.2) is 4.90 Å². The quantitative estimate of drug-likeness (QED) is 0.474. The third kappa shape index (κ3) is 3.02. The minimum absolute atomic E-state index is 0.000893. The molecule has 0 radical (unpaired) electrons. The first kappa shape index (κ1) is 12.6. The van der Waals surface area contributed by atoms with Crippen LogP contribution in [0, 0.1) is 0 Å². The highest BCUT2D eigenvalue weighted by Gasteiger charge is 2.18. The zero-order valence-corrected chi connectivity index (χ0v) is 9.30. The highest BCUT2D eigenvalue weighted by molar-refractivity contribution is 7.89. The van der Waals surface area contributed by atoms with Gasteiger partial charge in [-0.25, -0.2) is 17.9 Å². The SMILES string of the molecule is CC(N)CNS(=O)(=O)c1c[nH]c(=O)[nH]c1=O. The Bertz CT molecular complexity index is 571. The Hall–Kier alpha value is -1.45. The second-order valence-corrected chi connectivity index (χ2v) is 5.00. The molecule has 90 valence electrons. The van der Waals surface area contributed by atoms with Gasteiger partial charge in [-0.3, -0.25) is 9.78 Å². The van der Waals surface area contributed by atoms with Gasteiger partial charge >= 0.3 is 5.69 Å². The molecule has 0 aliphatic heterocycles. The molecule has 1 unspecified atom stereocenters. The Kier molecular flexibility index (Phi) is 3.62. The van der Waals surface area contributed by atoms with E-state index in [-0.39, 0.29) is 12.6 Å². The van der Waals surface area contributed by atoms with E-state index in [4.69, 9.17) is 5.73 Å². The average molecular weight is 248 g/mol. The van der Waals surface area contributed by atoms with E-state index in [9.17, 15) is 18.0 Å². The first-order valence-corrected chi connectivity index (χ1v) is 5.88. The normalized spacial score (nSPS) is 13.6. The number of nitrogens with two attached hydrogens (primary N) is 1. The van der Waals surface area contributed by atoms with Gasteiger partial charge in [0.25, 0.3) is 5.56 Å². The monoisotopic (exact) mass is 248 g/mol. The van der Waals surface area contributed by atoms with Gasteiger partial charge in [-0.2, -0.15) is 0 Å². The molecule has 1 aromatic heterocycles.